The van der Waals surface area contributed by atoms with Crippen molar-refractivity contribution in [2.45, 2.75) is 11.8 Å². The molecule has 4 aromatic carbocycles. The van der Waals surface area contributed by atoms with Crippen LogP contribution in [-0.4, -0.2) is 5.75 Å². The van der Waals surface area contributed by atoms with Crippen molar-refractivity contribution in [3.8, 4) is 22.3 Å². The molecule has 0 unspecified atom stereocenters. The third kappa shape index (κ3) is 3.80. The number of benzene rings is 4. The zero-order chi connectivity index (χ0) is 18.8. The van der Waals surface area contributed by atoms with Crippen LogP contribution < -0.4 is 0 Å². The van der Waals surface area contributed by atoms with Gasteiger partial charge in [-0.25, -0.2) is 0 Å². The second-order valence-corrected chi connectivity index (χ2v) is 8.90. The van der Waals surface area contributed by atoms with Gasteiger partial charge < -0.3 is 0 Å². The summed E-state index contributed by atoms with van der Waals surface area (Å²) in [5, 5.41) is 3.09. The average Bonchev–Trinajstić information content (AvgIpc) is 2.70. The van der Waals surface area contributed by atoms with Crippen LogP contribution in [0.1, 0.15) is 6.92 Å². The van der Waals surface area contributed by atoms with Crippen LogP contribution in [0.25, 0.3) is 33.0 Å². The maximum atomic E-state index is 6.81. The van der Waals surface area contributed by atoms with E-state index < -0.39 is 0 Å². The number of hydrogen-bond donors (Lipinski definition) is 0. The first-order valence-electron chi connectivity index (χ1n) is 8.88. The fourth-order valence-corrected chi connectivity index (χ4v) is 4.74. The lowest BCUT2D eigenvalue weighted by atomic mass is 9.98. The average molecular weight is 454 g/mol. The molecule has 0 saturated heterocycles. The van der Waals surface area contributed by atoms with Crippen LogP contribution in [0.2, 0.25) is 5.02 Å². The van der Waals surface area contributed by atoms with Crippen LogP contribution in [0.5, 0.6) is 0 Å². The SMILES string of the molecule is CCSc1cc(-c2ccc(Br)cc2)ccc1-c1ccc2ccccc2c1Cl. The molecular weight excluding hydrogens is 436 g/mol. The Labute approximate surface area is 177 Å². The van der Waals surface area contributed by atoms with Gasteiger partial charge in [0.2, 0.25) is 0 Å². The van der Waals surface area contributed by atoms with Crippen LogP contribution in [0.4, 0.5) is 0 Å². The largest absolute Gasteiger partial charge is 0.126 e. The molecule has 3 heteroatoms. The Balaban J connectivity index is 1.85. The first-order chi connectivity index (χ1) is 13.2. The molecule has 0 heterocycles. The van der Waals surface area contributed by atoms with Gasteiger partial charge in [0.25, 0.3) is 0 Å². The van der Waals surface area contributed by atoms with Gasteiger partial charge in [-0.15, -0.1) is 11.8 Å². The van der Waals surface area contributed by atoms with E-state index in [2.05, 4.69) is 89.6 Å². The van der Waals surface area contributed by atoms with E-state index in [9.17, 15) is 0 Å². The predicted octanol–water partition coefficient (Wildman–Crippen LogP) is 8.70. The quantitative estimate of drug-likeness (QED) is 0.278. The smallest absolute Gasteiger partial charge is 0.0563 e. The number of fused-ring (bicyclic) bond motifs is 1. The van der Waals surface area contributed by atoms with Gasteiger partial charge in [-0.2, -0.15) is 0 Å². The molecule has 0 fully saturated rings. The highest BCUT2D eigenvalue weighted by molar-refractivity contribution is 9.10. The summed E-state index contributed by atoms with van der Waals surface area (Å²) in [6.07, 6.45) is 0. The number of rotatable bonds is 4. The Morgan fingerprint density at radius 2 is 1.52 bits per heavy atom. The Morgan fingerprint density at radius 1 is 0.815 bits per heavy atom. The fraction of sp³-hybridized carbons (Fsp3) is 0.0833. The Bertz CT molecular complexity index is 1100. The third-order valence-corrected chi connectivity index (χ3v) is 6.49. The molecule has 27 heavy (non-hydrogen) atoms. The Hall–Kier alpha value is -1.74. The molecule has 4 aromatic rings. The Kier molecular flexibility index (Phi) is 5.58. The minimum Gasteiger partial charge on any atom is -0.126 e. The van der Waals surface area contributed by atoms with Gasteiger partial charge in [-0.05, 0) is 46.0 Å². The fourth-order valence-electron chi connectivity index (χ4n) is 3.28. The summed E-state index contributed by atoms with van der Waals surface area (Å²) in [6, 6.07) is 27.7. The Morgan fingerprint density at radius 3 is 2.30 bits per heavy atom. The maximum Gasteiger partial charge on any atom is 0.0563 e. The third-order valence-electron chi connectivity index (χ3n) is 4.61. The zero-order valence-electron chi connectivity index (χ0n) is 14.9. The van der Waals surface area contributed by atoms with Crippen LogP contribution in [0.3, 0.4) is 0 Å². The van der Waals surface area contributed by atoms with E-state index in [4.69, 9.17) is 11.6 Å². The van der Waals surface area contributed by atoms with E-state index >= 15 is 0 Å². The maximum absolute atomic E-state index is 6.81. The van der Waals surface area contributed by atoms with Crippen LogP contribution in [0, 0.1) is 0 Å². The highest BCUT2D eigenvalue weighted by atomic mass is 79.9. The van der Waals surface area contributed by atoms with Crippen molar-refractivity contribution < 1.29 is 0 Å². The summed E-state index contributed by atoms with van der Waals surface area (Å²) in [5.41, 5.74) is 4.72. The second-order valence-electron chi connectivity index (χ2n) is 6.30. The molecule has 0 aliphatic carbocycles. The number of halogens is 2. The normalized spacial score (nSPS) is 11.1. The molecule has 134 valence electrons. The summed E-state index contributed by atoms with van der Waals surface area (Å²) in [6.45, 7) is 2.18. The summed E-state index contributed by atoms with van der Waals surface area (Å²) in [5.74, 6) is 1.02. The second kappa shape index (κ2) is 8.10. The minimum atomic E-state index is 0.822. The van der Waals surface area contributed by atoms with Gasteiger partial charge in [-0.1, -0.05) is 95.1 Å². The lowest BCUT2D eigenvalue weighted by Gasteiger charge is -2.14. The van der Waals surface area contributed by atoms with Crippen LogP contribution >= 0.6 is 39.3 Å². The molecule has 0 N–H and O–H groups in total. The highest BCUT2D eigenvalue weighted by Crippen LogP contribution is 2.40. The molecule has 0 spiro atoms. The van der Waals surface area contributed by atoms with Crippen molar-refractivity contribution in [3.05, 3.63) is 88.4 Å². The lowest BCUT2D eigenvalue weighted by Crippen LogP contribution is -1.88. The van der Waals surface area contributed by atoms with Crippen molar-refractivity contribution in [2.75, 3.05) is 5.75 Å². The van der Waals surface area contributed by atoms with Crippen LogP contribution in [-0.2, 0) is 0 Å². The molecular formula is C24H18BrClS. The van der Waals surface area contributed by atoms with E-state index in [1.807, 2.05) is 23.9 Å². The van der Waals surface area contributed by atoms with Gasteiger partial charge >= 0.3 is 0 Å². The summed E-state index contributed by atoms with van der Waals surface area (Å²) in [7, 11) is 0. The van der Waals surface area contributed by atoms with Crippen molar-refractivity contribution in [3.63, 3.8) is 0 Å². The zero-order valence-corrected chi connectivity index (χ0v) is 18.0. The van der Waals surface area contributed by atoms with Crippen molar-refractivity contribution in [1.29, 1.82) is 0 Å². The monoisotopic (exact) mass is 452 g/mol. The molecule has 0 aromatic heterocycles. The molecule has 0 atom stereocenters. The van der Waals surface area contributed by atoms with Crippen LogP contribution in [0.15, 0.2) is 88.2 Å². The van der Waals surface area contributed by atoms with Gasteiger partial charge in [-0.3, -0.25) is 0 Å². The van der Waals surface area contributed by atoms with Gasteiger partial charge in [0, 0.05) is 20.3 Å². The lowest BCUT2D eigenvalue weighted by molar-refractivity contribution is 1.42. The molecule has 0 bridgehead atoms. The van der Waals surface area contributed by atoms with E-state index in [1.54, 1.807) is 0 Å². The van der Waals surface area contributed by atoms with Gasteiger partial charge in [0.15, 0.2) is 0 Å². The van der Waals surface area contributed by atoms with E-state index in [0.717, 1.165) is 26.2 Å². The van der Waals surface area contributed by atoms with Gasteiger partial charge in [0.05, 0.1) is 5.02 Å². The molecule has 0 aliphatic rings. The number of thioether (sulfide) groups is 1. The molecule has 4 rings (SSSR count). The molecule has 0 amide bonds. The van der Waals surface area contributed by atoms with Crippen molar-refractivity contribution >= 4 is 50.1 Å². The predicted molar refractivity (Wildman–Crippen MR) is 124 cm³/mol. The highest BCUT2D eigenvalue weighted by Gasteiger charge is 2.13. The van der Waals surface area contributed by atoms with E-state index in [0.29, 0.717) is 0 Å². The molecule has 0 saturated carbocycles. The first-order valence-corrected chi connectivity index (χ1v) is 11.0. The van der Waals surface area contributed by atoms with Crippen molar-refractivity contribution in [2.24, 2.45) is 0 Å². The summed E-state index contributed by atoms with van der Waals surface area (Å²) >= 11 is 12.2. The molecule has 0 aliphatic heterocycles. The summed E-state index contributed by atoms with van der Waals surface area (Å²) < 4.78 is 1.09. The minimum absolute atomic E-state index is 0.822. The van der Waals surface area contributed by atoms with Gasteiger partial charge in [0.1, 0.15) is 0 Å². The standard InChI is InChI=1S/C24H18BrClS/c1-2-27-23-15-18(16-7-11-19(25)12-8-16)10-13-21(23)22-14-9-17-5-3-4-6-20(17)24(22)26/h3-15H,2H2,1H3. The summed E-state index contributed by atoms with van der Waals surface area (Å²) in [4.78, 5) is 1.26. The molecule has 0 radical (unpaired) electrons. The van der Waals surface area contributed by atoms with Crippen molar-refractivity contribution in [1.82, 2.24) is 0 Å². The first kappa shape index (κ1) is 18.6. The van der Waals surface area contributed by atoms with E-state index in [-0.39, 0.29) is 0 Å². The molecule has 0 nitrogen and oxygen atoms in total. The topological polar surface area (TPSA) is 0 Å². The van der Waals surface area contributed by atoms with E-state index in [1.165, 1.54) is 27.0 Å². The number of hydrogen-bond acceptors (Lipinski definition) is 1.